The molecule has 0 fully saturated rings. The number of benzene rings is 3. The third kappa shape index (κ3) is 5.28. The molecule has 0 radical (unpaired) electrons. The van der Waals surface area contributed by atoms with Crippen LogP contribution in [0.1, 0.15) is 10.4 Å². The second-order valence-corrected chi connectivity index (χ2v) is 7.95. The first kappa shape index (κ1) is 23.2. The molecule has 0 aliphatic heterocycles. The first-order chi connectivity index (χ1) is 18.0. The summed E-state index contributed by atoms with van der Waals surface area (Å²) in [7, 11) is 0. The standard InChI is InChI=1S/C27H19N5O5/c33-22-14-24(16-28-15-22)37-23-12-19(11-21(13-23)32(35)36)29-27(34)25-17-31(20-9-5-2-6-10-20)30-26(25)18-7-3-1-4-8-18/h1-17,33H,(H,29,34). The Morgan fingerprint density at radius 3 is 2.38 bits per heavy atom. The number of anilines is 1. The number of para-hydroxylation sites is 1. The fraction of sp³-hybridized carbons (Fsp3) is 0. The molecule has 182 valence electrons. The van der Waals surface area contributed by atoms with Crippen molar-refractivity contribution < 1.29 is 19.6 Å². The van der Waals surface area contributed by atoms with E-state index in [1.165, 1.54) is 36.7 Å². The Labute approximate surface area is 210 Å². The fourth-order valence-electron chi connectivity index (χ4n) is 3.68. The average Bonchev–Trinajstić information content (AvgIpc) is 3.35. The van der Waals surface area contributed by atoms with Crippen LogP contribution < -0.4 is 10.1 Å². The van der Waals surface area contributed by atoms with Crippen LogP contribution in [0, 0.1) is 10.1 Å². The molecule has 0 aliphatic carbocycles. The van der Waals surface area contributed by atoms with Gasteiger partial charge in [0.2, 0.25) is 0 Å². The molecule has 0 unspecified atom stereocenters. The number of nitrogens with zero attached hydrogens (tertiary/aromatic N) is 4. The van der Waals surface area contributed by atoms with E-state index >= 15 is 0 Å². The Morgan fingerprint density at radius 2 is 1.68 bits per heavy atom. The van der Waals surface area contributed by atoms with Crippen molar-refractivity contribution in [3.8, 4) is 34.2 Å². The molecule has 10 nitrogen and oxygen atoms in total. The quantitative estimate of drug-likeness (QED) is 0.223. The first-order valence-corrected chi connectivity index (χ1v) is 11.1. The second kappa shape index (κ2) is 10.0. The molecule has 2 N–H and O–H groups in total. The minimum atomic E-state index is -0.591. The van der Waals surface area contributed by atoms with Gasteiger partial charge < -0.3 is 15.2 Å². The number of aromatic nitrogens is 3. The van der Waals surface area contributed by atoms with Crippen LogP contribution in [0.15, 0.2) is 104 Å². The average molecular weight is 493 g/mol. The van der Waals surface area contributed by atoms with E-state index in [0.29, 0.717) is 5.69 Å². The Kier molecular flexibility index (Phi) is 6.28. The van der Waals surface area contributed by atoms with Crippen LogP contribution >= 0.6 is 0 Å². The maximum Gasteiger partial charge on any atom is 0.275 e. The number of hydrogen-bond acceptors (Lipinski definition) is 7. The summed E-state index contributed by atoms with van der Waals surface area (Å²) < 4.78 is 7.24. The van der Waals surface area contributed by atoms with E-state index in [1.807, 2.05) is 60.7 Å². The predicted octanol–water partition coefficient (Wildman–Crippen LogP) is 5.59. The maximum atomic E-state index is 13.4. The van der Waals surface area contributed by atoms with Crippen molar-refractivity contribution in [3.63, 3.8) is 0 Å². The summed E-state index contributed by atoms with van der Waals surface area (Å²) in [5, 5.41) is 28.5. The Morgan fingerprint density at radius 1 is 0.946 bits per heavy atom. The van der Waals surface area contributed by atoms with E-state index in [1.54, 1.807) is 10.9 Å². The van der Waals surface area contributed by atoms with Gasteiger partial charge in [-0.15, -0.1) is 0 Å². The van der Waals surface area contributed by atoms with Crippen LogP contribution in [0.25, 0.3) is 16.9 Å². The van der Waals surface area contributed by atoms with Gasteiger partial charge in [0.25, 0.3) is 11.6 Å². The summed E-state index contributed by atoms with van der Waals surface area (Å²) in [6.07, 6.45) is 4.19. The molecule has 0 bridgehead atoms. The summed E-state index contributed by atoms with van der Waals surface area (Å²) in [5.74, 6) is -0.375. The minimum absolute atomic E-state index is 0.0835. The lowest BCUT2D eigenvalue weighted by atomic mass is 10.1. The molecule has 0 spiro atoms. The molecule has 10 heteroatoms. The monoisotopic (exact) mass is 493 g/mol. The van der Waals surface area contributed by atoms with Gasteiger partial charge in [-0.2, -0.15) is 5.10 Å². The molecular formula is C27H19N5O5. The summed E-state index contributed by atoms with van der Waals surface area (Å²) in [4.78, 5) is 28.2. The topological polar surface area (TPSA) is 132 Å². The van der Waals surface area contributed by atoms with Gasteiger partial charge >= 0.3 is 0 Å². The summed E-state index contributed by atoms with van der Waals surface area (Å²) in [6.45, 7) is 0. The molecule has 0 saturated heterocycles. The number of nitro benzene ring substituents is 1. The SMILES string of the molecule is O=C(Nc1cc(Oc2cncc(O)c2)cc([N+](=O)[O-])c1)c1cn(-c2ccccc2)nc1-c1ccccc1. The zero-order valence-corrected chi connectivity index (χ0v) is 19.2. The van der Waals surface area contributed by atoms with Crippen molar-refractivity contribution in [2.24, 2.45) is 0 Å². The van der Waals surface area contributed by atoms with Gasteiger partial charge in [0.1, 0.15) is 22.9 Å². The number of carbonyl (C=O) groups is 1. The summed E-state index contributed by atoms with van der Waals surface area (Å²) in [5.41, 5.74) is 2.10. The first-order valence-electron chi connectivity index (χ1n) is 11.1. The van der Waals surface area contributed by atoms with Gasteiger partial charge in [0.05, 0.1) is 40.3 Å². The smallest absolute Gasteiger partial charge is 0.275 e. The lowest BCUT2D eigenvalue weighted by Gasteiger charge is -2.09. The Bertz CT molecular complexity index is 1590. The van der Waals surface area contributed by atoms with Crippen molar-refractivity contribution in [1.82, 2.24) is 14.8 Å². The molecule has 2 aromatic heterocycles. The van der Waals surface area contributed by atoms with Crippen molar-refractivity contribution in [2.75, 3.05) is 5.32 Å². The summed E-state index contributed by atoms with van der Waals surface area (Å²) >= 11 is 0. The number of nitrogens with one attached hydrogen (secondary N) is 1. The van der Waals surface area contributed by atoms with E-state index < -0.39 is 10.8 Å². The van der Waals surface area contributed by atoms with E-state index in [-0.39, 0.29) is 34.2 Å². The molecular weight excluding hydrogens is 474 g/mol. The van der Waals surface area contributed by atoms with Crippen LogP contribution in [0.5, 0.6) is 17.2 Å². The van der Waals surface area contributed by atoms with Crippen LogP contribution in [-0.4, -0.2) is 30.7 Å². The van der Waals surface area contributed by atoms with Crippen molar-refractivity contribution in [1.29, 1.82) is 0 Å². The van der Waals surface area contributed by atoms with E-state index in [0.717, 1.165) is 11.3 Å². The van der Waals surface area contributed by atoms with Crippen LogP contribution in [0.2, 0.25) is 0 Å². The third-order valence-corrected chi connectivity index (χ3v) is 5.32. The van der Waals surface area contributed by atoms with Gasteiger partial charge in [-0.25, -0.2) is 4.68 Å². The highest BCUT2D eigenvalue weighted by molar-refractivity contribution is 6.08. The maximum absolute atomic E-state index is 13.4. The number of hydrogen-bond donors (Lipinski definition) is 2. The second-order valence-electron chi connectivity index (χ2n) is 7.95. The number of rotatable bonds is 7. The zero-order valence-electron chi connectivity index (χ0n) is 19.2. The fourth-order valence-corrected chi connectivity index (χ4v) is 3.68. The van der Waals surface area contributed by atoms with Crippen molar-refractivity contribution >= 4 is 17.3 Å². The number of ether oxygens (including phenoxy) is 1. The Balaban J connectivity index is 1.50. The largest absolute Gasteiger partial charge is 0.506 e. The molecule has 2 heterocycles. The molecule has 37 heavy (non-hydrogen) atoms. The number of carbonyl (C=O) groups excluding carboxylic acids is 1. The van der Waals surface area contributed by atoms with Crippen LogP contribution in [0.3, 0.4) is 0 Å². The zero-order chi connectivity index (χ0) is 25.8. The highest BCUT2D eigenvalue weighted by Crippen LogP contribution is 2.31. The number of amides is 1. The van der Waals surface area contributed by atoms with Gasteiger partial charge in [0, 0.05) is 30.0 Å². The minimum Gasteiger partial charge on any atom is -0.506 e. The van der Waals surface area contributed by atoms with Gasteiger partial charge in [0.15, 0.2) is 0 Å². The van der Waals surface area contributed by atoms with E-state index in [2.05, 4.69) is 15.4 Å². The van der Waals surface area contributed by atoms with E-state index in [4.69, 9.17) is 4.74 Å². The number of nitro groups is 1. The molecule has 3 aromatic carbocycles. The number of non-ortho nitro benzene ring substituents is 1. The van der Waals surface area contributed by atoms with Gasteiger partial charge in [-0.1, -0.05) is 48.5 Å². The normalized spacial score (nSPS) is 10.6. The van der Waals surface area contributed by atoms with Crippen molar-refractivity contribution in [3.05, 3.63) is 119 Å². The number of aromatic hydroxyl groups is 1. The highest BCUT2D eigenvalue weighted by Gasteiger charge is 2.20. The van der Waals surface area contributed by atoms with Crippen LogP contribution in [-0.2, 0) is 0 Å². The van der Waals surface area contributed by atoms with E-state index in [9.17, 15) is 20.0 Å². The van der Waals surface area contributed by atoms with Crippen molar-refractivity contribution in [2.45, 2.75) is 0 Å². The molecule has 0 saturated carbocycles. The van der Waals surface area contributed by atoms with Crippen LogP contribution in [0.4, 0.5) is 11.4 Å². The molecule has 5 rings (SSSR count). The van der Waals surface area contributed by atoms with Gasteiger partial charge in [-0.05, 0) is 12.1 Å². The Hall–Kier alpha value is -5.51. The summed E-state index contributed by atoms with van der Waals surface area (Å²) in [6, 6.07) is 23.8. The highest BCUT2D eigenvalue weighted by atomic mass is 16.6. The third-order valence-electron chi connectivity index (χ3n) is 5.32. The lowest BCUT2D eigenvalue weighted by Crippen LogP contribution is -2.12. The molecule has 0 atom stereocenters. The molecule has 1 amide bonds. The lowest BCUT2D eigenvalue weighted by molar-refractivity contribution is -0.384. The van der Waals surface area contributed by atoms with Gasteiger partial charge in [-0.3, -0.25) is 19.9 Å². The molecule has 5 aromatic rings. The predicted molar refractivity (Wildman–Crippen MR) is 136 cm³/mol. The number of pyridine rings is 1. The molecule has 0 aliphatic rings.